The zero-order valence-electron chi connectivity index (χ0n) is 11.0. The number of nitrogens with two attached hydrogens (primary N) is 1. The number of unbranched alkanes of at least 4 members (excludes halogenated alkanes) is 1. The number of nitrogens with one attached hydrogen (secondary N) is 1. The molecular weight excluding hydrogens is 250 g/mol. The lowest BCUT2D eigenvalue weighted by atomic mass is 10.2. The summed E-state index contributed by atoms with van der Waals surface area (Å²) in [5.74, 6) is -2.51. The zero-order valence-corrected chi connectivity index (χ0v) is 11.0. The van der Waals surface area contributed by atoms with E-state index in [1.54, 1.807) is 0 Å². The minimum absolute atomic E-state index is 0.558. The van der Waals surface area contributed by atoms with Gasteiger partial charge in [-0.2, -0.15) is 0 Å². The predicted octanol–water partition coefficient (Wildman–Crippen LogP) is -0.658. The molecule has 0 amide bonds. The van der Waals surface area contributed by atoms with Crippen LogP contribution in [0.5, 0.6) is 0 Å². The van der Waals surface area contributed by atoms with Gasteiger partial charge in [-0.05, 0) is 25.9 Å². The Kier molecular flexibility index (Phi) is 10.8. The van der Waals surface area contributed by atoms with Crippen LogP contribution in [0, 0.1) is 0 Å². The molecule has 0 radical (unpaired) electrons. The van der Waals surface area contributed by atoms with Crippen LogP contribution in [0.4, 0.5) is 0 Å². The third-order valence-electron chi connectivity index (χ3n) is 2.51. The van der Waals surface area contributed by atoms with Gasteiger partial charge >= 0.3 is 11.9 Å². The maximum atomic E-state index is 9.55. The molecule has 0 aromatic heterocycles. The number of carboxylic acids is 2. The maximum absolute atomic E-state index is 9.55. The minimum Gasteiger partial charge on any atom is -0.478 e. The summed E-state index contributed by atoms with van der Waals surface area (Å²) < 4.78 is 0. The molecule has 7 heteroatoms. The van der Waals surface area contributed by atoms with Crippen LogP contribution in [0.1, 0.15) is 12.8 Å². The van der Waals surface area contributed by atoms with Crippen LogP contribution in [0.25, 0.3) is 0 Å². The fraction of sp³-hybridized carbons (Fsp3) is 0.667. The molecule has 0 saturated carbocycles. The Morgan fingerprint density at radius 2 is 1.63 bits per heavy atom. The van der Waals surface area contributed by atoms with Crippen LogP contribution in [-0.2, 0) is 9.59 Å². The van der Waals surface area contributed by atoms with Gasteiger partial charge in [-0.25, -0.2) is 9.59 Å². The van der Waals surface area contributed by atoms with E-state index in [-0.39, 0.29) is 0 Å². The van der Waals surface area contributed by atoms with Crippen molar-refractivity contribution in [3.8, 4) is 0 Å². The molecule has 0 aromatic rings. The first-order valence-electron chi connectivity index (χ1n) is 6.33. The molecule has 1 fully saturated rings. The smallest absolute Gasteiger partial charge is 0.328 e. The molecule has 0 bridgehead atoms. The Hall–Kier alpha value is -1.44. The van der Waals surface area contributed by atoms with Gasteiger partial charge in [-0.1, -0.05) is 0 Å². The van der Waals surface area contributed by atoms with Gasteiger partial charge < -0.3 is 26.2 Å². The molecule has 1 saturated heterocycles. The van der Waals surface area contributed by atoms with E-state index < -0.39 is 11.9 Å². The van der Waals surface area contributed by atoms with Crippen molar-refractivity contribution in [3.63, 3.8) is 0 Å². The average molecular weight is 273 g/mol. The van der Waals surface area contributed by atoms with Crippen molar-refractivity contribution in [1.29, 1.82) is 0 Å². The van der Waals surface area contributed by atoms with Gasteiger partial charge in [0.05, 0.1) is 0 Å². The van der Waals surface area contributed by atoms with Crippen molar-refractivity contribution in [2.75, 3.05) is 39.3 Å². The second kappa shape index (κ2) is 11.6. The average Bonchev–Trinajstić information content (AvgIpc) is 2.39. The zero-order chi connectivity index (χ0) is 14.5. The van der Waals surface area contributed by atoms with E-state index in [4.69, 9.17) is 15.9 Å². The molecule has 0 unspecified atom stereocenters. The van der Waals surface area contributed by atoms with Gasteiger partial charge in [0.15, 0.2) is 0 Å². The van der Waals surface area contributed by atoms with Crippen molar-refractivity contribution in [3.05, 3.63) is 12.2 Å². The lowest BCUT2D eigenvalue weighted by molar-refractivity contribution is -0.134. The number of carbonyl (C=O) groups is 2. The molecule has 1 aliphatic heterocycles. The molecule has 5 N–H and O–H groups in total. The van der Waals surface area contributed by atoms with Crippen molar-refractivity contribution in [2.24, 2.45) is 5.73 Å². The van der Waals surface area contributed by atoms with Gasteiger partial charge in [0, 0.05) is 38.3 Å². The summed E-state index contributed by atoms with van der Waals surface area (Å²) in [6.07, 6.45) is 3.55. The lowest BCUT2D eigenvalue weighted by Crippen LogP contribution is -2.43. The number of hydrogen-bond donors (Lipinski definition) is 4. The van der Waals surface area contributed by atoms with Crippen LogP contribution < -0.4 is 11.1 Å². The van der Waals surface area contributed by atoms with Crippen molar-refractivity contribution < 1.29 is 19.8 Å². The van der Waals surface area contributed by atoms with E-state index in [0.29, 0.717) is 12.2 Å². The summed E-state index contributed by atoms with van der Waals surface area (Å²) in [5, 5.41) is 19.0. The molecule has 0 aliphatic carbocycles. The third-order valence-corrected chi connectivity index (χ3v) is 2.51. The molecule has 1 heterocycles. The lowest BCUT2D eigenvalue weighted by Gasteiger charge is -2.26. The fourth-order valence-electron chi connectivity index (χ4n) is 1.56. The third kappa shape index (κ3) is 12.8. The van der Waals surface area contributed by atoms with Crippen molar-refractivity contribution >= 4 is 11.9 Å². The molecular formula is C12H23N3O4. The first kappa shape index (κ1) is 17.6. The topological polar surface area (TPSA) is 116 Å². The van der Waals surface area contributed by atoms with Crippen LogP contribution in [0.3, 0.4) is 0 Å². The van der Waals surface area contributed by atoms with Gasteiger partial charge in [0.25, 0.3) is 0 Å². The molecule has 1 aliphatic rings. The number of hydrogen-bond acceptors (Lipinski definition) is 5. The maximum Gasteiger partial charge on any atom is 0.328 e. The monoisotopic (exact) mass is 273 g/mol. The van der Waals surface area contributed by atoms with Gasteiger partial charge in [-0.15, -0.1) is 0 Å². The van der Waals surface area contributed by atoms with Crippen molar-refractivity contribution in [2.45, 2.75) is 12.8 Å². The summed E-state index contributed by atoms with van der Waals surface area (Å²) in [6, 6.07) is 0. The first-order chi connectivity index (χ1) is 9.06. The molecule has 0 atom stereocenters. The SMILES string of the molecule is NCCCCN1CCNCC1.O=C(O)C=CC(=O)O. The number of nitrogens with zero attached hydrogens (tertiary/aromatic N) is 1. The Morgan fingerprint density at radius 3 is 2.05 bits per heavy atom. The summed E-state index contributed by atoms with van der Waals surface area (Å²) >= 11 is 0. The highest BCUT2D eigenvalue weighted by molar-refractivity contribution is 5.89. The van der Waals surface area contributed by atoms with Crippen LogP contribution >= 0.6 is 0 Å². The van der Waals surface area contributed by atoms with Gasteiger partial charge in [-0.3, -0.25) is 0 Å². The highest BCUT2D eigenvalue weighted by Gasteiger charge is 2.07. The minimum atomic E-state index is -1.26. The first-order valence-corrected chi connectivity index (χ1v) is 6.33. The Labute approximate surface area is 113 Å². The molecule has 1 rings (SSSR count). The standard InChI is InChI=1S/C8H19N3.C4H4O4/c9-3-1-2-6-11-7-4-10-5-8-11;5-3(6)1-2-4(7)8/h10H,1-9H2;1-2H,(H,5,6)(H,7,8). The second-order valence-electron chi connectivity index (χ2n) is 4.10. The molecule has 7 nitrogen and oxygen atoms in total. The van der Waals surface area contributed by atoms with E-state index in [1.807, 2.05) is 0 Å². The largest absolute Gasteiger partial charge is 0.478 e. The molecule has 19 heavy (non-hydrogen) atoms. The van der Waals surface area contributed by atoms with Crippen LogP contribution in [0.15, 0.2) is 12.2 Å². The predicted molar refractivity (Wildman–Crippen MR) is 72.0 cm³/mol. The molecule has 0 spiro atoms. The molecule has 110 valence electrons. The fourth-order valence-corrected chi connectivity index (χ4v) is 1.56. The summed E-state index contributed by atoms with van der Waals surface area (Å²) in [6.45, 7) is 6.81. The van der Waals surface area contributed by atoms with E-state index in [1.165, 1.54) is 32.5 Å². The number of rotatable bonds is 6. The number of carboxylic acid groups (broad SMARTS) is 2. The Balaban J connectivity index is 0.000000362. The Morgan fingerprint density at radius 1 is 1.11 bits per heavy atom. The summed E-state index contributed by atoms with van der Waals surface area (Å²) in [7, 11) is 0. The second-order valence-corrected chi connectivity index (χ2v) is 4.10. The van der Waals surface area contributed by atoms with E-state index in [2.05, 4.69) is 10.2 Å². The van der Waals surface area contributed by atoms with E-state index in [0.717, 1.165) is 19.6 Å². The van der Waals surface area contributed by atoms with Gasteiger partial charge in [0.1, 0.15) is 0 Å². The number of aliphatic carboxylic acids is 2. The number of piperazine rings is 1. The van der Waals surface area contributed by atoms with Crippen LogP contribution in [0.2, 0.25) is 0 Å². The van der Waals surface area contributed by atoms with Gasteiger partial charge in [0.2, 0.25) is 0 Å². The normalized spacial score (nSPS) is 15.8. The highest BCUT2D eigenvalue weighted by Crippen LogP contribution is 1.95. The Bertz CT molecular complexity index is 273. The van der Waals surface area contributed by atoms with Crippen molar-refractivity contribution in [1.82, 2.24) is 10.2 Å². The summed E-state index contributed by atoms with van der Waals surface area (Å²) in [4.78, 5) is 21.6. The van der Waals surface area contributed by atoms with E-state index >= 15 is 0 Å². The quantitative estimate of drug-likeness (QED) is 0.375. The van der Waals surface area contributed by atoms with E-state index in [9.17, 15) is 9.59 Å². The molecule has 0 aromatic carbocycles. The van der Waals surface area contributed by atoms with Crippen LogP contribution in [-0.4, -0.2) is 66.3 Å². The summed E-state index contributed by atoms with van der Waals surface area (Å²) in [5.41, 5.74) is 5.41. The highest BCUT2D eigenvalue weighted by atomic mass is 16.4.